The van der Waals surface area contributed by atoms with Gasteiger partial charge in [-0.3, -0.25) is 0 Å². The maximum atomic E-state index is 5.42. The Morgan fingerprint density at radius 2 is 2.56 bits per heavy atom. The molecule has 88 valence electrons. The number of ether oxygens (including phenoxy) is 2. The Morgan fingerprint density at radius 1 is 1.62 bits per heavy atom. The summed E-state index contributed by atoms with van der Waals surface area (Å²) >= 11 is 0. The number of aromatic nitrogens is 1. The molecule has 4 heteroatoms. The van der Waals surface area contributed by atoms with E-state index in [4.69, 9.17) is 9.47 Å². The minimum absolute atomic E-state index is 0.457. The number of nitrogens with zero attached hydrogens (tertiary/aromatic N) is 1. The van der Waals surface area contributed by atoms with E-state index < -0.39 is 0 Å². The van der Waals surface area contributed by atoms with Gasteiger partial charge in [0.25, 0.3) is 0 Å². The maximum Gasteiger partial charge on any atom is 0.217 e. The van der Waals surface area contributed by atoms with Gasteiger partial charge in [-0.1, -0.05) is 6.07 Å². The Hall–Kier alpha value is -1.13. The average Bonchev–Trinajstić information content (AvgIpc) is 2.38. The van der Waals surface area contributed by atoms with Crippen molar-refractivity contribution in [3.05, 3.63) is 23.9 Å². The summed E-state index contributed by atoms with van der Waals surface area (Å²) in [6.45, 7) is 2.49. The van der Waals surface area contributed by atoms with Crippen molar-refractivity contribution in [2.75, 3.05) is 20.3 Å². The van der Waals surface area contributed by atoms with Crippen LogP contribution in [0.25, 0.3) is 0 Å². The van der Waals surface area contributed by atoms with Crippen molar-refractivity contribution in [3.63, 3.8) is 0 Å². The lowest BCUT2D eigenvalue weighted by Gasteiger charge is -2.23. The summed E-state index contributed by atoms with van der Waals surface area (Å²) < 4.78 is 10.6. The monoisotopic (exact) mass is 222 g/mol. The summed E-state index contributed by atoms with van der Waals surface area (Å²) in [5.74, 6) is 0.701. The Kier molecular flexibility index (Phi) is 4.13. The van der Waals surface area contributed by atoms with Crippen molar-refractivity contribution in [1.29, 1.82) is 0 Å². The Balaban J connectivity index is 1.88. The van der Waals surface area contributed by atoms with Crippen LogP contribution in [0.3, 0.4) is 0 Å². The molecule has 0 aromatic carbocycles. The van der Waals surface area contributed by atoms with Gasteiger partial charge in [0.05, 0.1) is 13.7 Å². The summed E-state index contributed by atoms with van der Waals surface area (Å²) in [6, 6.07) is 4.41. The lowest BCUT2D eigenvalue weighted by atomic mass is 10.1. The van der Waals surface area contributed by atoms with Gasteiger partial charge in [0.15, 0.2) is 0 Å². The van der Waals surface area contributed by atoms with Crippen LogP contribution in [-0.4, -0.2) is 31.3 Å². The van der Waals surface area contributed by atoms with E-state index in [1.807, 2.05) is 12.1 Å². The summed E-state index contributed by atoms with van der Waals surface area (Å²) in [6.07, 6.45) is 4.07. The van der Waals surface area contributed by atoms with Gasteiger partial charge in [0.1, 0.15) is 0 Å². The SMILES string of the molecule is COc1ncccc1CNC1CCCOC1. The number of nitrogens with one attached hydrogen (secondary N) is 1. The zero-order valence-corrected chi connectivity index (χ0v) is 9.61. The molecule has 0 amide bonds. The molecule has 1 aliphatic rings. The second-order valence-electron chi connectivity index (χ2n) is 3.97. The Labute approximate surface area is 96.0 Å². The molecule has 0 bridgehead atoms. The number of hydrogen-bond donors (Lipinski definition) is 1. The van der Waals surface area contributed by atoms with E-state index in [0.29, 0.717) is 11.9 Å². The van der Waals surface area contributed by atoms with Crippen LogP contribution in [0.2, 0.25) is 0 Å². The highest BCUT2D eigenvalue weighted by Crippen LogP contribution is 2.14. The molecule has 0 radical (unpaired) electrons. The van der Waals surface area contributed by atoms with Crippen molar-refractivity contribution in [1.82, 2.24) is 10.3 Å². The molecule has 2 heterocycles. The predicted octanol–water partition coefficient (Wildman–Crippen LogP) is 1.36. The summed E-state index contributed by atoms with van der Waals surface area (Å²) in [4.78, 5) is 4.17. The molecular weight excluding hydrogens is 204 g/mol. The topological polar surface area (TPSA) is 43.4 Å². The third-order valence-electron chi connectivity index (χ3n) is 2.78. The molecule has 0 spiro atoms. The molecule has 0 aliphatic carbocycles. The first-order chi connectivity index (χ1) is 7.90. The predicted molar refractivity (Wildman–Crippen MR) is 61.5 cm³/mol. The number of pyridine rings is 1. The van der Waals surface area contributed by atoms with E-state index in [2.05, 4.69) is 10.3 Å². The smallest absolute Gasteiger partial charge is 0.217 e. The minimum atomic E-state index is 0.457. The molecule has 4 nitrogen and oxygen atoms in total. The largest absolute Gasteiger partial charge is 0.481 e. The van der Waals surface area contributed by atoms with Crippen LogP contribution in [0.5, 0.6) is 5.88 Å². The van der Waals surface area contributed by atoms with Gasteiger partial charge in [-0.25, -0.2) is 4.98 Å². The van der Waals surface area contributed by atoms with Crippen LogP contribution < -0.4 is 10.1 Å². The zero-order chi connectivity index (χ0) is 11.2. The van der Waals surface area contributed by atoms with Crippen molar-refractivity contribution >= 4 is 0 Å². The number of methoxy groups -OCH3 is 1. The number of rotatable bonds is 4. The second-order valence-corrected chi connectivity index (χ2v) is 3.97. The fraction of sp³-hybridized carbons (Fsp3) is 0.583. The molecule has 1 atom stereocenters. The molecule has 16 heavy (non-hydrogen) atoms. The molecule has 0 saturated carbocycles. The Bertz CT molecular complexity index is 325. The highest BCUT2D eigenvalue weighted by atomic mass is 16.5. The van der Waals surface area contributed by atoms with Crippen LogP contribution in [0, 0.1) is 0 Å². The van der Waals surface area contributed by atoms with Crippen molar-refractivity contribution in [2.45, 2.75) is 25.4 Å². The molecule has 1 saturated heterocycles. The van der Waals surface area contributed by atoms with Crippen LogP contribution >= 0.6 is 0 Å². The van der Waals surface area contributed by atoms with E-state index in [-0.39, 0.29) is 0 Å². The molecule has 1 unspecified atom stereocenters. The van der Waals surface area contributed by atoms with E-state index in [9.17, 15) is 0 Å². The van der Waals surface area contributed by atoms with E-state index >= 15 is 0 Å². The van der Waals surface area contributed by atoms with E-state index in [0.717, 1.165) is 31.7 Å². The molecule has 1 aliphatic heterocycles. The minimum Gasteiger partial charge on any atom is -0.481 e. The van der Waals surface area contributed by atoms with E-state index in [1.54, 1.807) is 13.3 Å². The molecule has 1 N–H and O–H groups in total. The molecule has 1 aromatic heterocycles. The van der Waals surface area contributed by atoms with Crippen LogP contribution in [-0.2, 0) is 11.3 Å². The quantitative estimate of drug-likeness (QED) is 0.835. The van der Waals surface area contributed by atoms with Crippen LogP contribution in [0.4, 0.5) is 0 Å². The fourth-order valence-corrected chi connectivity index (χ4v) is 1.90. The lowest BCUT2D eigenvalue weighted by molar-refractivity contribution is 0.0698. The number of hydrogen-bond acceptors (Lipinski definition) is 4. The average molecular weight is 222 g/mol. The molecule has 1 aromatic rings. The van der Waals surface area contributed by atoms with Gasteiger partial charge < -0.3 is 14.8 Å². The summed E-state index contributed by atoms with van der Waals surface area (Å²) in [5, 5.41) is 3.47. The van der Waals surface area contributed by atoms with Gasteiger partial charge in [-0.2, -0.15) is 0 Å². The third-order valence-corrected chi connectivity index (χ3v) is 2.78. The molecular formula is C12H18N2O2. The van der Waals surface area contributed by atoms with Crippen molar-refractivity contribution in [2.24, 2.45) is 0 Å². The lowest BCUT2D eigenvalue weighted by Crippen LogP contribution is -2.36. The first kappa shape index (κ1) is 11.4. The second kappa shape index (κ2) is 5.82. The standard InChI is InChI=1S/C12H18N2O2/c1-15-12-10(4-2-6-13-12)8-14-11-5-3-7-16-9-11/h2,4,6,11,14H,3,5,7-9H2,1H3. The van der Waals surface area contributed by atoms with Crippen LogP contribution in [0.1, 0.15) is 18.4 Å². The van der Waals surface area contributed by atoms with Gasteiger partial charge in [0, 0.05) is 31.0 Å². The van der Waals surface area contributed by atoms with Crippen molar-refractivity contribution in [3.8, 4) is 5.88 Å². The van der Waals surface area contributed by atoms with Gasteiger partial charge in [-0.15, -0.1) is 0 Å². The van der Waals surface area contributed by atoms with E-state index in [1.165, 1.54) is 6.42 Å². The molecule has 1 fully saturated rings. The normalized spacial score (nSPS) is 20.7. The first-order valence-corrected chi connectivity index (χ1v) is 5.69. The summed E-state index contributed by atoms with van der Waals surface area (Å²) in [5.41, 5.74) is 1.09. The van der Waals surface area contributed by atoms with Gasteiger partial charge >= 0.3 is 0 Å². The van der Waals surface area contributed by atoms with Crippen LogP contribution in [0.15, 0.2) is 18.3 Å². The van der Waals surface area contributed by atoms with Crippen molar-refractivity contribution < 1.29 is 9.47 Å². The Morgan fingerprint density at radius 3 is 3.31 bits per heavy atom. The third kappa shape index (κ3) is 2.93. The maximum absolute atomic E-state index is 5.42. The molecule has 2 rings (SSSR count). The fourth-order valence-electron chi connectivity index (χ4n) is 1.90. The van der Waals surface area contributed by atoms with Gasteiger partial charge in [0.2, 0.25) is 5.88 Å². The first-order valence-electron chi connectivity index (χ1n) is 5.69. The zero-order valence-electron chi connectivity index (χ0n) is 9.61. The highest BCUT2D eigenvalue weighted by molar-refractivity contribution is 5.25. The highest BCUT2D eigenvalue weighted by Gasteiger charge is 2.13. The summed E-state index contributed by atoms with van der Waals surface area (Å²) in [7, 11) is 1.65. The van der Waals surface area contributed by atoms with Gasteiger partial charge in [-0.05, 0) is 18.9 Å².